The van der Waals surface area contributed by atoms with Gasteiger partial charge >= 0.3 is 0 Å². The van der Waals surface area contributed by atoms with E-state index in [1.165, 1.54) is 6.33 Å². The number of methoxy groups -OCH3 is 2. The van der Waals surface area contributed by atoms with E-state index < -0.39 is 6.10 Å². The molecule has 7 heteroatoms. The van der Waals surface area contributed by atoms with Gasteiger partial charge in [0.1, 0.15) is 6.33 Å². The van der Waals surface area contributed by atoms with Crippen LogP contribution in [0.2, 0.25) is 0 Å². The van der Waals surface area contributed by atoms with Gasteiger partial charge in [0.2, 0.25) is 5.75 Å². The summed E-state index contributed by atoms with van der Waals surface area (Å²) in [5.74, 6) is 1.77. The van der Waals surface area contributed by atoms with Gasteiger partial charge in [0.25, 0.3) is 0 Å². The lowest BCUT2D eigenvalue weighted by Gasteiger charge is -2.14. The smallest absolute Gasteiger partial charge is 0.204 e. The Morgan fingerprint density at radius 2 is 2.06 bits per heavy atom. The number of rotatable bonds is 8. The van der Waals surface area contributed by atoms with Crippen molar-refractivity contribution in [3.8, 4) is 5.75 Å². The molecule has 1 unspecified atom stereocenters. The van der Waals surface area contributed by atoms with Crippen molar-refractivity contribution in [2.24, 2.45) is 0 Å². The minimum absolute atomic E-state index is 0.324. The molecular weight excluding hydrogens is 236 g/mol. The maximum absolute atomic E-state index is 9.51. The van der Waals surface area contributed by atoms with Crippen LogP contribution in [0.3, 0.4) is 0 Å². The summed E-state index contributed by atoms with van der Waals surface area (Å²) >= 11 is 0. The first-order valence-electron chi connectivity index (χ1n) is 5.70. The number of hydrogen-bond acceptors (Lipinski definition) is 7. The molecule has 0 bridgehead atoms. The van der Waals surface area contributed by atoms with Crippen molar-refractivity contribution in [2.75, 3.05) is 45.1 Å². The summed E-state index contributed by atoms with van der Waals surface area (Å²) in [6.45, 7) is 0.894. The van der Waals surface area contributed by atoms with Crippen LogP contribution in [0.1, 0.15) is 6.42 Å². The Labute approximate surface area is 107 Å². The highest BCUT2D eigenvalue weighted by atomic mass is 16.5. The van der Waals surface area contributed by atoms with E-state index in [1.807, 2.05) is 0 Å². The number of anilines is 2. The lowest BCUT2D eigenvalue weighted by molar-refractivity contribution is 0.0615. The third-order valence-electron chi connectivity index (χ3n) is 2.37. The van der Waals surface area contributed by atoms with E-state index in [-0.39, 0.29) is 0 Å². The molecule has 0 aliphatic rings. The van der Waals surface area contributed by atoms with Gasteiger partial charge in [-0.15, -0.1) is 0 Å². The number of aromatic nitrogens is 2. The molecule has 0 aliphatic heterocycles. The van der Waals surface area contributed by atoms with Crippen LogP contribution >= 0.6 is 0 Å². The number of hydrogen-bond donors (Lipinski definition) is 3. The standard InChI is InChI=1S/C11H20N4O3/c1-12-10-9(18-3)11(15-7-14-10)13-5-4-8(16)6-17-2/h7-8,16H,4-6H2,1-3H3,(H2,12,13,14,15). The Balaban J connectivity index is 2.56. The van der Waals surface area contributed by atoms with Gasteiger partial charge < -0.3 is 25.2 Å². The molecule has 7 nitrogen and oxygen atoms in total. The second kappa shape index (κ2) is 7.67. The lowest BCUT2D eigenvalue weighted by atomic mass is 10.2. The van der Waals surface area contributed by atoms with E-state index in [0.29, 0.717) is 37.0 Å². The van der Waals surface area contributed by atoms with Crippen molar-refractivity contribution < 1.29 is 14.6 Å². The van der Waals surface area contributed by atoms with Crippen molar-refractivity contribution in [1.29, 1.82) is 0 Å². The topological polar surface area (TPSA) is 88.5 Å². The van der Waals surface area contributed by atoms with Gasteiger partial charge in [-0.3, -0.25) is 0 Å². The molecule has 102 valence electrons. The normalized spacial score (nSPS) is 12.0. The van der Waals surface area contributed by atoms with E-state index in [9.17, 15) is 5.11 Å². The second-order valence-corrected chi connectivity index (χ2v) is 3.68. The summed E-state index contributed by atoms with van der Waals surface area (Å²) in [5.41, 5.74) is 0. The second-order valence-electron chi connectivity index (χ2n) is 3.68. The van der Waals surface area contributed by atoms with Gasteiger partial charge in [-0.1, -0.05) is 0 Å². The zero-order valence-electron chi connectivity index (χ0n) is 10.9. The fourth-order valence-electron chi connectivity index (χ4n) is 1.50. The summed E-state index contributed by atoms with van der Waals surface area (Å²) in [6, 6.07) is 0. The summed E-state index contributed by atoms with van der Waals surface area (Å²) in [7, 11) is 4.88. The van der Waals surface area contributed by atoms with Gasteiger partial charge in [0.15, 0.2) is 11.6 Å². The summed E-state index contributed by atoms with van der Waals surface area (Å²) in [5, 5.41) is 15.5. The maximum atomic E-state index is 9.51. The number of ether oxygens (including phenoxy) is 2. The van der Waals surface area contributed by atoms with Crippen molar-refractivity contribution in [1.82, 2.24) is 9.97 Å². The van der Waals surface area contributed by atoms with Crippen LogP contribution in [-0.4, -0.2) is 55.6 Å². The Kier molecular flexibility index (Phi) is 6.16. The third kappa shape index (κ3) is 4.01. The van der Waals surface area contributed by atoms with E-state index in [1.54, 1.807) is 21.3 Å². The monoisotopic (exact) mass is 256 g/mol. The fourth-order valence-corrected chi connectivity index (χ4v) is 1.50. The molecule has 1 heterocycles. The minimum Gasteiger partial charge on any atom is -0.490 e. The molecule has 18 heavy (non-hydrogen) atoms. The first-order valence-corrected chi connectivity index (χ1v) is 5.70. The molecular formula is C11H20N4O3. The average Bonchev–Trinajstić information content (AvgIpc) is 2.38. The van der Waals surface area contributed by atoms with Crippen molar-refractivity contribution >= 4 is 11.6 Å². The first-order chi connectivity index (χ1) is 8.72. The van der Waals surface area contributed by atoms with Gasteiger partial charge in [0, 0.05) is 20.7 Å². The highest BCUT2D eigenvalue weighted by molar-refractivity contribution is 5.63. The van der Waals surface area contributed by atoms with E-state index >= 15 is 0 Å². The van der Waals surface area contributed by atoms with Gasteiger partial charge in [-0.05, 0) is 6.42 Å². The predicted molar refractivity (Wildman–Crippen MR) is 69.1 cm³/mol. The molecule has 0 saturated heterocycles. The largest absolute Gasteiger partial charge is 0.490 e. The van der Waals surface area contributed by atoms with Crippen molar-refractivity contribution in [3.63, 3.8) is 0 Å². The Bertz CT molecular complexity index is 362. The molecule has 0 radical (unpaired) electrons. The molecule has 0 saturated carbocycles. The van der Waals surface area contributed by atoms with Crippen LogP contribution in [0.15, 0.2) is 6.33 Å². The zero-order chi connectivity index (χ0) is 13.4. The van der Waals surface area contributed by atoms with Crippen molar-refractivity contribution in [3.05, 3.63) is 6.33 Å². The first kappa shape index (κ1) is 14.5. The van der Waals surface area contributed by atoms with Gasteiger partial charge in [0.05, 0.1) is 19.8 Å². The molecule has 0 fully saturated rings. The van der Waals surface area contributed by atoms with E-state index in [0.717, 1.165) is 0 Å². The summed E-state index contributed by atoms with van der Waals surface area (Å²) in [6.07, 6.45) is 1.53. The molecule has 0 aliphatic carbocycles. The Morgan fingerprint density at radius 1 is 1.33 bits per heavy atom. The highest BCUT2D eigenvalue weighted by Crippen LogP contribution is 2.28. The van der Waals surface area contributed by atoms with Gasteiger partial charge in [-0.2, -0.15) is 0 Å². The van der Waals surface area contributed by atoms with E-state index in [2.05, 4.69) is 20.6 Å². The Morgan fingerprint density at radius 3 is 2.67 bits per heavy atom. The number of aliphatic hydroxyl groups excluding tert-OH is 1. The van der Waals surface area contributed by atoms with Crippen LogP contribution in [0.4, 0.5) is 11.6 Å². The average molecular weight is 256 g/mol. The van der Waals surface area contributed by atoms with Crippen LogP contribution in [-0.2, 0) is 4.74 Å². The SMILES string of the molecule is CNc1ncnc(NCCC(O)COC)c1OC. The molecule has 1 rings (SSSR count). The van der Waals surface area contributed by atoms with Crippen molar-refractivity contribution in [2.45, 2.75) is 12.5 Å². The van der Waals surface area contributed by atoms with Crippen LogP contribution in [0, 0.1) is 0 Å². The highest BCUT2D eigenvalue weighted by Gasteiger charge is 2.11. The van der Waals surface area contributed by atoms with Gasteiger partial charge in [-0.25, -0.2) is 9.97 Å². The molecule has 0 amide bonds. The molecule has 1 atom stereocenters. The number of nitrogens with one attached hydrogen (secondary N) is 2. The minimum atomic E-state index is -0.487. The summed E-state index contributed by atoms with van der Waals surface area (Å²) < 4.78 is 10.1. The Hall–Kier alpha value is -1.60. The fraction of sp³-hybridized carbons (Fsp3) is 0.636. The molecule has 3 N–H and O–H groups in total. The van der Waals surface area contributed by atoms with Crippen LogP contribution in [0.5, 0.6) is 5.75 Å². The molecule has 1 aromatic heterocycles. The zero-order valence-corrected chi connectivity index (χ0v) is 10.9. The van der Waals surface area contributed by atoms with Crippen LogP contribution in [0.25, 0.3) is 0 Å². The predicted octanol–water partition coefficient (Wildman–Crippen LogP) is 0.336. The third-order valence-corrected chi connectivity index (χ3v) is 2.37. The summed E-state index contributed by atoms with van der Waals surface area (Å²) in [4.78, 5) is 8.15. The number of nitrogens with zero attached hydrogens (tertiary/aromatic N) is 2. The van der Waals surface area contributed by atoms with Crippen LogP contribution < -0.4 is 15.4 Å². The molecule has 0 aromatic carbocycles. The maximum Gasteiger partial charge on any atom is 0.204 e. The van der Waals surface area contributed by atoms with E-state index in [4.69, 9.17) is 9.47 Å². The molecule has 0 spiro atoms. The lowest BCUT2D eigenvalue weighted by Crippen LogP contribution is -2.19. The number of aliphatic hydroxyl groups is 1. The quantitative estimate of drug-likeness (QED) is 0.618. The molecule has 1 aromatic rings.